The fourth-order valence-corrected chi connectivity index (χ4v) is 3.58. The molecule has 0 aliphatic rings. The zero-order chi connectivity index (χ0) is 14.3. The summed E-state index contributed by atoms with van der Waals surface area (Å²) < 4.78 is 23.4. The second-order valence-corrected chi connectivity index (χ2v) is 7.24. The molecule has 1 unspecified atom stereocenters. The molecule has 1 atom stereocenters. The van der Waals surface area contributed by atoms with Gasteiger partial charge >= 0.3 is 0 Å². The molecule has 1 rings (SSSR count). The zero-order valence-corrected chi connectivity index (χ0v) is 12.3. The van der Waals surface area contributed by atoms with Crippen LogP contribution in [0.4, 0.5) is 0 Å². The highest BCUT2D eigenvalue weighted by molar-refractivity contribution is 8.02. The van der Waals surface area contributed by atoms with Gasteiger partial charge in [0.1, 0.15) is 0 Å². The minimum Gasteiger partial charge on any atom is -0.394 e. The van der Waals surface area contributed by atoms with E-state index in [1.54, 1.807) is 6.08 Å². The van der Waals surface area contributed by atoms with Gasteiger partial charge in [-0.2, -0.15) is 11.8 Å². The van der Waals surface area contributed by atoms with Crippen LogP contribution in [0, 0.1) is 0 Å². The number of rotatable bonds is 7. The molecule has 0 radical (unpaired) electrons. The van der Waals surface area contributed by atoms with Gasteiger partial charge in [-0.1, -0.05) is 30.3 Å². The fraction of sp³-hybridized carbons (Fsp3) is 0.385. The van der Waals surface area contributed by atoms with Crippen LogP contribution in [-0.2, 0) is 9.84 Å². The minimum absolute atomic E-state index is 0.283. The normalized spacial score (nSPS) is 14.4. The van der Waals surface area contributed by atoms with Crippen molar-refractivity contribution in [2.75, 3.05) is 24.4 Å². The van der Waals surface area contributed by atoms with Crippen LogP contribution < -0.4 is 0 Å². The van der Waals surface area contributed by atoms with E-state index in [2.05, 4.69) is 0 Å². The molecule has 0 bridgehead atoms. The fourth-order valence-electron chi connectivity index (χ4n) is 1.34. The SMILES string of the molecule is CS(=O)(=O)/C(=C/c1ccccc1)CSCC(O)CO. The maximum absolute atomic E-state index is 11.7. The Bertz CT molecular complexity index is 509. The second-order valence-electron chi connectivity index (χ2n) is 4.15. The Balaban J connectivity index is 2.77. The molecular weight excluding hydrogens is 284 g/mol. The highest BCUT2D eigenvalue weighted by Gasteiger charge is 2.12. The van der Waals surface area contributed by atoms with Crippen molar-refractivity contribution in [2.45, 2.75) is 6.10 Å². The first-order valence-corrected chi connectivity index (χ1v) is 8.80. The lowest BCUT2D eigenvalue weighted by atomic mass is 10.2. The number of thioether (sulfide) groups is 1. The smallest absolute Gasteiger partial charge is 0.172 e. The molecule has 2 N–H and O–H groups in total. The lowest BCUT2D eigenvalue weighted by Crippen LogP contribution is -2.15. The van der Waals surface area contributed by atoms with Crippen molar-refractivity contribution in [3.05, 3.63) is 40.8 Å². The number of hydrogen-bond donors (Lipinski definition) is 2. The average molecular weight is 302 g/mol. The van der Waals surface area contributed by atoms with Crippen LogP contribution in [0.25, 0.3) is 6.08 Å². The van der Waals surface area contributed by atoms with Gasteiger partial charge in [0.2, 0.25) is 0 Å². The van der Waals surface area contributed by atoms with Gasteiger partial charge in [-0.25, -0.2) is 8.42 Å². The summed E-state index contributed by atoms with van der Waals surface area (Å²) >= 11 is 1.28. The molecule has 0 spiro atoms. The molecule has 0 aliphatic carbocycles. The van der Waals surface area contributed by atoms with E-state index in [1.807, 2.05) is 30.3 Å². The molecule has 0 saturated carbocycles. The average Bonchev–Trinajstić information content (AvgIpc) is 2.37. The molecule has 0 heterocycles. The van der Waals surface area contributed by atoms with Gasteiger partial charge in [-0.05, 0) is 11.6 Å². The highest BCUT2D eigenvalue weighted by Crippen LogP contribution is 2.17. The molecule has 1 aromatic rings. The van der Waals surface area contributed by atoms with Crippen LogP contribution in [0.1, 0.15) is 5.56 Å². The van der Waals surface area contributed by atoms with Crippen LogP contribution in [0.5, 0.6) is 0 Å². The molecule has 0 saturated heterocycles. The molecule has 0 aliphatic heterocycles. The van der Waals surface area contributed by atoms with E-state index in [9.17, 15) is 13.5 Å². The third-order valence-corrected chi connectivity index (χ3v) is 4.90. The third kappa shape index (κ3) is 6.24. The second kappa shape index (κ2) is 7.69. The van der Waals surface area contributed by atoms with Crippen molar-refractivity contribution < 1.29 is 18.6 Å². The van der Waals surface area contributed by atoms with E-state index in [1.165, 1.54) is 18.0 Å². The lowest BCUT2D eigenvalue weighted by Gasteiger charge is -2.08. The van der Waals surface area contributed by atoms with E-state index < -0.39 is 15.9 Å². The van der Waals surface area contributed by atoms with Gasteiger partial charge in [-0.3, -0.25) is 0 Å². The topological polar surface area (TPSA) is 74.6 Å². The largest absolute Gasteiger partial charge is 0.394 e. The van der Waals surface area contributed by atoms with Crippen molar-refractivity contribution in [2.24, 2.45) is 0 Å². The van der Waals surface area contributed by atoms with E-state index in [-0.39, 0.29) is 12.4 Å². The summed E-state index contributed by atoms with van der Waals surface area (Å²) in [6.07, 6.45) is 1.99. The molecular formula is C13H18O4S2. The molecule has 0 aromatic heterocycles. The molecule has 4 nitrogen and oxygen atoms in total. The Kier molecular flexibility index (Phi) is 6.57. The third-order valence-electron chi connectivity index (χ3n) is 2.37. The molecule has 0 fully saturated rings. The first-order valence-electron chi connectivity index (χ1n) is 5.76. The van der Waals surface area contributed by atoms with Gasteiger partial charge in [0.15, 0.2) is 9.84 Å². The Morgan fingerprint density at radius 2 is 2.00 bits per heavy atom. The van der Waals surface area contributed by atoms with E-state index >= 15 is 0 Å². The van der Waals surface area contributed by atoms with Crippen LogP contribution in [0.2, 0.25) is 0 Å². The first kappa shape index (κ1) is 16.2. The summed E-state index contributed by atoms with van der Waals surface area (Å²) in [7, 11) is -3.27. The van der Waals surface area contributed by atoms with Gasteiger partial charge in [-0.15, -0.1) is 0 Å². The summed E-state index contributed by atoms with van der Waals surface area (Å²) in [6.45, 7) is -0.316. The Morgan fingerprint density at radius 1 is 1.37 bits per heavy atom. The monoisotopic (exact) mass is 302 g/mol. The minimum atomic E-state index is -3.27. The van der Waals surface area contributed by atoms with E-state index in [4.69, 9.17) is 5.11 Å². The van der Waals surface area contributed by atoms with Gasteiger partial charge in [0.05, 0.1) is 17.6 Å². The van der Waals surface area contributed by atoms with Crippen LogP contribution in [0.3, 0.4) is 0 Å². The maximum Gasteiger partial charge on any atom is 0.172 e. The summed E-state index contributed by atoms with van der Waals surface area (Å²) in [5.74, 6) is 0.586. The zero-order valence-electron chi connectivity index (χ0n) is 10.7. The number of aliphatic hydroxyl groups is 2. The maximum atomic E-state index is 11.7. The summed E-state index contributed by atoms with van der Waals surface area (Å²) in [5, 5.41) is 17.9. The standard InChI is InChI=1S/C13H18O4S2/c1-19(16,17)13(10-18-9-12(15)8-14)7-11-5-3-2-4-6-11/h2-7,12,14-15H,8-10H2,1H3/b13-7+. The van der Waals surface area contributed by atoms with Crippen LogP contribution in [-0.4, -0.2) is 49.1 Å². The van der Waals surface area contributed by atoms with Crippen LogP contribution in [0.15, 0.2) is 35.2 Å². The summed E-state index contributed by atoms with van der Waals surface area (Å²) in [4.78, 5) is 0.314. The Labute approximate surface area is 118 Å². The van der Waals surface area contributed by atoms with Gasteiger partial charge < -0.3 is 10.2 Å². The number of sulfone groups is 1. The Morgan fingerprint density at radius 3 is 2.53 bits per heavy atom. The molecule has 106 valence electrons. The molecule has 1 aromatic carbocycles. The molecule has 0 amide bonds. The van der Waals surface area contributed by atoms with E-state index in [0.29, 0.717) is 10.7 Å². The quantitative estimate of drug-likeness (QED) is 0.790. The molecule has 19 heavy (non-hydrogen) atoms. The van der Waals surface area contributed by atoms with Gasteiger partial charge in [0, 0.05) is 17.8 Å². The number of aliphatic hydroxyl groups excluding tert-OH is 2. The lowest BCUT2D eigenvalue weighted by molar-refractivity contribution is 0.113. The predicted molar refractivity (Wildman–Crippen MR) is 79.7 cm³/mol. The van der Waals surface area contributed by atoms with Crippen molar-refractivity contribution in [1.29, 1.82) is 0 Å². The summed E-state index contributed by atoms with van der Waals surface area (Å²) in [5.41, 5.74) is 0.825. The first-order chi connectivity index (χ1) is 8.93. The van der Waals surface area contributed by atoms with Crippen molar-refractivity contribution in [1.82, 2.24) is 0 Å². The van der Waals surface area contributed by atoms with E-state index in [0.717, 1.165) is 5.56 Å². The number of hydrogen-bond acceptors (Lipinski definition) is 5. The van der Waals surface area contributed by atoms with Crippen molar-refractivity contribution in [3.63, 3.8) is 0 Å². The van der Waals surface area contributed by atoms with Crippen LogP contribution >= 0.6 is 11.8 Å². The summed E-state index contributed by atoms with van der Waals surface area (Å²) in [6, 6.07) is 9.21. The number of benzene rings is 1. The Hall–Kier alpha value is -0.820. The van der Waals surface area contributed by atoms with Gasteiger partial charge in [0.25, 0.3) is 0 Å². The van der Waals surface area contributed by atoms with Crippen molar-refractivity contribution in [3.8, 4) is 0 Å². The predicted octanol–water partition coefficient (Wildman–Crippen LogP) is 1.16. The van der Waals surface area contributed by atoms with Crippen molar-refractivity contribution >= 4 is 27.7 Å². The highest BCUT2D eigenvalue weighted by atomic mass is 32.2. The molecule has 6 heteroatoms.